The van der Waals surface area contributed by atoms with Gasteiger partial charge in [0, 0.05) is 24.8 Å². The summed E-state index contributed by atoms with van der Waals surface area (Å²) in [5.41, 5.74) is 2.07. The van der Waals surface area contributed by atoms with E-state index in [1.807, 2.05) is 28.8 Å². The van der Waals surface area contributed by atoms with E-state index in [0.29, 0.717) is 35.1 Å². The van der Waals surface area contributed by atoms with Crippen LogP contribution in [0.5, 0.6) is 0 Å². The van der Waals surface area contributed by atoms with Gasteiger partial charge in [0.1, 0.15) is 0 Å². The zero-order valence-corrected chi connectivity index (χ0v) is 18.2. The molecule has 1 amide bonds. The molecule has 30 heavy (non-hydrogen) atoms. The third kappa shape index (κ3) is 5.24. The molecule has 3 aromatic rings. The zero-order valence-electron chi connectivity index (χ0n) is 16.6. The van der Waals surface area contributed by atoms with E-state index in [1.54, 1.807) is 38.3 Å². The summed E-state index contributed by atoms with van der Waals surface area (Å²) >= 11 is 7.45. The van der Waals surface area contributed by atoms with Crippen LogP contribution in [0.2, 0.25) is 5.02 Å². The van der Waals surface area contributed by atoms with Crippen LogP contribution in [0.15, 0.2) is 53.5 Å². The molecule has 1 heterocycles. The number of halogens is 1. The topological polar surface area (TPSA) is 69.9 Å². The van der Waals surface area contributed by atoms with Crippen molar-refractivity contribution >= 4 is 51.1 Å². The van der Waals surface area contributed by atoms with Crippen molar-refractivity contribution < 1.29 is 19.1 Å². The first kappa shape index (κ1) is 22.0. The predicted octanol–water partition coefficient (Wildman–Crippen LogP) is 4.32. The van der Waals surface area contributed by atoms with Crippen LogP contribution in [0.25, 0.3) is 16.3 Å². The average molecular weight is 445 g/mol. The third-order valence-electron chi connectivity index (χ3n) is 4.23. The smallest absolute Gasteiger partial charge is 0.338 e. The molecule has 0 atom stereocenters. The van der Waals surface area contributed by atoms with Gasteiger partial charge in [-0.2, -0.15) is 4.99 Å². The molecular formula is C22H21ClN2O4S. The van der Waals surface area contributed by atoms with Crippen LogP contribution in [0.4, 0.5) is 0 Å². The van der Waals surface area contributed by atoms with E-state index in [9.17, 15) is 9.59 Å². The van der Waals surface area contributed by atoms with E-state index >= 15 is 0 Å². The second-order valence-corrected chi connectivity index (χ2v) is 7.65. The molecule has 0 N–H and O–H groups in total. The normalized spacial score (nSPS) is 12.0. The molecule has 0 aliphatic carbocycles. The molecule has 156 valence electrons. The molecule has 0 aliphatic heterocycles. The summed E-state index contributed by atoms with van der Waals surface area (Å²) in [6, 6.07) is 12.5. The van der Waals surface area contributed by atoms with E-state index in [0.717, 1.165) is 15.8 Å². The number of fused-ring (bicyclic) bond motifs is 1. The minimum Gasteiger partial charge on any atom is -0.462 e. The maximum absolute atomic E-state index is 12.5. The fraction of sp³-hybridized carbons (Fsp3) is 0.227. The van der Waals surface area contributed by atoms with Crippen molar-refractivity contribution in [3.05, 3.63) is 69.5 Å². The number of hydrogen-bond acceptors (Lipinski definition) is 5. The molecule has 1 aromatic heterocycles. The van der Waals surface area contributed by atoms with Gasteiger partial charge in [0.15, 0.2) is 4.80 Å². The maximum atomic E-state index is 12.5. The lowest BCUT2D eigenvalue weighted by atomic mass is 10.2. The highest BCUT2D eigenvalue weighted by Crippen LogP contribution is 2.20. The lowest BCUT2D eigenvalue weighted by Gasteiger charge is -2.05. The zero-order chi connectivity index (χ0) is 21.5. The van der Waals surface area contributed by atoms with E-state index in [1.165, 1.54) is 17.4 Å². The summed E-state index contributed by atoms with van der Waals surface area (Å²) in [5.74, 6) is -0.785. The molecule has 0 spiro atoms. The molecular weight excluding hydrogens is 424 g/mol. The fourth-order valence-electron chi connectivity index (χ4n) is 2.80. The van der Waals surface area contributed by atoms with Crippen LogP contribution in [0.3, 0.4) is 0 Å². The number of benzene rings is 2. The molecule has 6 nitrogen and oxygen atoms in total. The second kappa shape index (κ2) is 10.3. The van der Waals surface area contributed by atoms with Gasteiger partial charge in [0.25, 0.3) is 5.91 Å². The van der Waals surface area contributed by atoms with Gasteiger partial charge in [0.05, 0.1) is 29.0 Å². The van der Waals surface area contributed by atoms with Crippen LogP contribution >= 0.6 is 22.9 Å². The van der Waals surface area contributed by atoms with E-state index in [2.05, 4.69) is 4.99 Å². The lowest BCUT2D eigenvalue weighted by Crippen LogP contribution is -2.19. The van der Waals surface area contributed by atoms with Gasteiger partial charge in [-0.3, -0.25) is 4.79 Å². The molecule has 0 bridgehead atoms. The Morgan fingerprint density at radius 1 is 1.23 bits per heavy atom. The number of carbonyl (C=O) groups excluding carboxylic acids is 2. The molecule has 0 radical (unpaired) electrons. The summed E-state index contributed by atoms with van der Waals surface area (Å²) in [6.07, 6.45) is 3.02. The first-order valence-corrected chi connectivity index (χ1v) is 10.5. The van der Waals surface area contributed by atoms with Gasteiger partial charge in [-0.1, -0.05) is 41.1 Å². The molecule has 0 saturated carbocycles. The Morgan fingerprint density at radius 3 is 2.77 bits per heavy atom. The van der Waals surface area contributed by atoms with Crippen LogP contribution in [-0.2, 0) is 20.8 Å². The Labute approximate surface area is 183 Å². The molecule has 2 aromatic carbocycles. The lowest BCUT2D eigenvalue weighted by molar-refractivity contribution is -0.113. The minimum absolute atomic E-state index is 0.308. The highest BCUT2D eigenvalue weighted by Gasteiger charge is 2.12. The first-order valence-electron chi connectivity index (χ1n) is 9.34. The first-order chi connectivity index (χ1) is 14.5. The molecule has 8 heteroatoms. The number of carbonyl (C=O) groups is 2. The number of thiazole rings is 1. The molecule has 3 rings (SSSR count). The highest BCUT2D eigenvalue weighted by molar-refractivity contribution is 7.16. The monoisotopic (exact) mass is 444 g/mol. The number of rotatable bonds is 7. The minimum atomic E-state index is -0.404. The Bertz CT molecular complexity index is 1160. The number of methoxy groups -OCH3 is 1. The Balaban J connectivity index is 1.98. The van der Waals surface area contributed by atoms with Gasteiger partial charge in [-0.05, 0) is 42.8 Å². The van der Waals surface area contributed by atoms with Gasteiger partial charge in [0.2, 0.25) is 0 Å². The molecule has 0 fully saturated rings. The number of hydrogen-bond donors (Lipinski definition) is 0. The molecule has 0 aliphatic rings. The Morgan fingerprint density at radius 2 is 2.03 bits per heavy atom. The van der Waals surface area contributed by atoms with Gasteiger partial charge >= 0.3 is 5.97 Å². The van der Waals surface area contributed by atoms with Gasteiger partial charge in [-0.25, -0.2) is 4.79 Å². The van der Waals surface area contributed by atoms with Crippen molar-refractivity contribution in [2.75, 3.05) is 20.3 Å². The second-order valence-electron chi connectivity index (χ2n) is 6.24. The SMILES string of the molecule is CCOC(=O)c1ccc2c(c1)sc(=NC(=O)C=Cc1ccccc1Cl)n2CCOC. The fourth-order valence-corrected chi connectivity index (χ4v) is 4.10. The largest absolute Gasteiger partial charge is 0.462 e. The number of aromatic nitrogens is 1. The van der Waals surface area contributed by atoms with Crippen molar-refractivity contribution in [2.24, 2.45) is 4.99 Å². The van der Waals surface area contributed by atoms with Crippen molar-refractivity contribution in [1.29, 1.82) is 0 Å². The number of ether oxygens (including phenoxy) is 2. The Hall–Kier alpha value is -2.74. The number of amides is 1. The van der Waals surface area contributed by atoms with Crippen LogP contribution in [0.1, 0.15) is 22.8 Å². The van der Waals surface area contributed by atoms with Crippen molar-refractivity contribution in [2.45, 2.75) is 13.5 Å². The summed E-state index contributed by atoms with van der Waals surface area (Å²) in [7, 11) is 1.61. The van der Waals surface area contributed by atoms with Crippen LogP contribution < -0.4 is 4.80 Å². The number of nitrogens with zero attached hydrogens (tertiary/aromatic N) is 2. The van der Waals surface area contributed by atoms with Crippen molar-refractivity contribution in [3.63, 3.8) is 0 Å². The third-order valence-corrected chi connectivity index (χ3v) is 5.61. The van der Waals surface area contributed by atoms with E-state index in [-0.39, 0.29) is 5.97 Å². The average Bonchev–Trinajstić information content (AvgIpc) is 3.07. The summed E-state index contributed by atoms with van der Waals surface area (Å²) in [5, 5.41) is 0.560. The van der Waals surface area contributed by atoms with Crippen LogP contribution in [0, 0.1) is 0 Å². The van der Waals surface area contributed by atoms with Crippen LogP contribution in [-0.4, -0.2) is 36.8 Å². The van der Waals surface area contributed by atoms with Crippen molar-refractivity contribution in [1.82, 2.24) is 4.57 Å². The summed E-state index contributed by atoms with van der Waals surface area (Å²) in [6.45, 7) is 3.05. The van der Waals surface area contributed by atoms with Crippen molar-refractivity contribution in [3.8, 4) is 0 Å². The van der Waals surface area contributed by atoms with Gasteiger partial charge in [-0.15, -0.1) is 0 Å². The molecule has 0 saturated heterocycles. The summed E-state index contributed by atoms with van der Waals surface area (Å²) < 4.78 is 13.0. The number of esters is 1. The quantitative estimate of drug-likeness (QED) is 0.402. The molecule has 0 unspecified atom stereocenters. The summed E-state index contributed by atoms with van der Waals surface area (Å²) in [4.78, 5) is 29.3. The van der Waals surface area contributed by atoms with E-state index in [4.69, 9.17) is 21.1 Å². The Kier molecular flexibility index (Phi) is 7.57. The highest BCUT2D eigenvalue weighted by atomic mass is 35.5. The van der Waals surface area contributed by atoms with E-state index < -0.39 is 5.91 Å². The van der Waals surface area contributed by atoms with Gasteiger partial charge < -0.3 is 14.0 Å². The maximum Gasteiger partial charge on any atom is 0.338 e. The standard InChI is InChI=1S/C22H21ClN2O4S/c1-3-29-21(27)16-8-10-18-19(14-16)30-22(25(18)12-13-28-2)24-20(26)11-9-15-6-4-5-7-17(15)23/h4-11,14H,3,12-13H2,1-2H3. The predicted molar refractivity (Wildman–Crippen MR) is 119 cm³/mol.